The van der Waals surface area contributed by atoms with E-state index in [9.17, 15) is 0 Å². The molecule has 0 bridgehead atoms. The fraction of sp³-hybridized carbons (Fsp3) is 0.222. The number of fused-ring (bicyclic) bond motifs is 2. The Hall–Kier alpha value is -2.06. The summed E-state index contributed by atoms with van der Waals surface area (Å²) in [6, 6.07) is 19.1. The van der Waals surface area contributed by atoms with Crippen LogP contribution in [-0.2, 0) is 19.5 Å². The van der Waals surface area contributed by atoms with Crippen molar-refractivity contribution in [2.75, 3.05) is 6.54 Å². The minimum absolute atomic E-state index is 0.892. The molecule has 1 aromatic heterocycles. The monoisotopic (exact) mass is 263 g/mol. The highest BCUT2D eigenvalue weighted by Gasteiger charge is 2.17. The van der Waals surface area contributed by atoms with Gasteiger partial charge in [0.25, 0.3) is 0 Å². The summed E-state index contributed by atoms with van der Waals surface area (Å²) in [5, 5.41) is 1.19. The van der Waals surface area contributed by atoms with E-state index in [2.05, 4.69) is 47.4 Å². The van der Waals surface area contributed by atoms with E-state index >= 15 is 0 Å². The van der Waals surface area contributed by atoms with Crippen LogP contribution in [0.4, 0.5) is 0 Å². The third kappa shape index (κ3) is 2.12. The van der Waals surface area contributed by atoms with Crippen molar-refractivity contribution in [2.45, 2.75) is 19.5 Å². The largest absolute Gasteiger partial charge is 0.460 e. The molecule has 100 valence electrons. The van der Waals surface area contributed by atoms with E-state index in [4.69, 9.17) is 4.42 Å². The van der Waals surface area contributed by atoms with Crippen molar-refractivity contribution < 1.29 is 4.42 Å². The second-order valence-corrected chi connectivity index (χ2v) is 5.48. The van der Waals surface area contributed by atoms with E-state index in [1.807, 2.05) is 12.1 Å². The van der Waals surface area contributed by atoms with Crippen molar-refractivity contribution in [1.82, 2.24) is 4.90 Å². The lowest BCUT2D eigenvalue weighted by Gasteiger charge is -2.27. The van der Waals surface area contributed by atoms with Gasteiger partial charge in [-0.2, -0.15) is 0 Å². The van der Waals surface area contributed by atoms with Gasteiger partial charge in [-0.1, -0.05) is 42.5 Å². The van der Waals surface area contributed by atoms with Crippen LogP contribution in [0.2, 0.25) is 0 Å². The van der Waals surface area contributed by atoms with Crippen LogP contribution in [0.1, 0.15) is 16.9 Å². The molecule has 0 unspecified atom stereocenters. The maximum atomic E-state index is 5.92. The van der Waals surface area contributed by atoms with Crippen molar-refractivity contribution in [3.05, 3.63) is 71.5 Å². The summed E-state index contributed by atoms with van der Waals surface area (Å²) in [7, 11) is 0. The van der Waals surface area contributed by atoms with Crippen LogP contribution in [0.15, 0.2) is 59.0 Å². The Labute approximate surface area is 118 Å². The number of nitrogens with zero attached hydrogens (tertiary/aromatic N) is 1. The predicted octanol–water partition coefficient (Wildman–Crippen LogP) is 3.99. The summed E-state index contributed by atoms with van der Waals surface area (Å²) in [4.78, 5) is 2.46. The third-order valence-corrected chi connectivity index (χ3v) is 4.07. The number of hydrogen-bond acceptors (Lipinski definition) is 2. The molecule has 1 aliphatic heterocycles. The molecular formula is C18H17NO. The van der Waals surface area contributed by atoms with E-state index in [0.717, 1.165) is 37.4 Å². The predicted molar refractivity (Wildman–Crippen MR) is 80.5 cm³/mol. The van der Waals surface area contributed by atoms with Gasteiger partial charge in [-0.05, 0) is 29.7 Å². The lowest BCUT2D eigenvalue weighted by Crippen LogP contribution is -2.29. The molecule has 0 atom stereocenters. The molecule has 0 spiro atoms. The van der Waals surface area contributed by atoms with E-state index in [1.54, 1.807) is 0 Å². The van der Waals surface area contributed by atoms with E-state index < -0.39 is 0 Å². The summed E-state index contributed by atoms with van der Waals surface area (Å²) in [6.45, 7) is 3.02. The first-order chi connectivity index (χ1) is 9.88. The quantitative estimate of drug-likeness (QED) is 0.695. The van der Waals surface area contributed by atoms with E-state index in [-0.39, 0.29) is 0 Å². The second-order valence-electron chi connectivity index (χ2n) is 5.48. The first kappa shape index (κ1) is 11.7. The molecule has 0 N–H and O–H groups in total. The second kappa shape index (κ2) is 4.80. The molecule has 0 saturated heterocycles. The maximum Gasteiger partial charge on any atom is 0.134 e. The molecular weight excluding hydrogens is 246 g/mol. The zero-order valence-electron chi connectivity index (χ0n) is 11.4. The minimum atomic E-state index is 0.892. The van der Waals surface area contributed by atoms with Crippen LogP contribution in [0.5, 0.6) is 0 Å². The molecule has 20 heavy (non-hydrogen) atoms. The number of furan rings is 1. The van der Waals surface area contributed by atoms with Crippen LogP contribution in [0.25, 0.3) is 11.0 Å². The maximum absolute atomic E-state index is 5.92. The van der Waals surface area contributed by atoms with Gasteiger partial charge in [0.1, 0.15) is 11.3 Å². The first-order valence-corrected chi connectivity index (χ1v) is 7.15. The summed E-state index contributed by atoms with van der Waals surface area (Å²) >= 11 is 0. The van der Waals surface area contributed by atoms with Gasteiger partial charge in [-0.15, -0.1) is 0 Å². The fourth-order valence-electron chi connectivity index (χ4n) is 3.02. The molecule has 2 aromatic carbocycles. The van der Waals surface area contributed by atoms with E-state index in [1.165, 1.54) is 16.5 Å². The molecule has 0 radical (unpaired) electrons. The van der Waals surface area contributed by atoms with Gasteiger partial charge in [0.05, 0.1) is 6.54 Å². The molecule has 2 nitrogen and oxygen atoms in total. The number of hydrogen-bond donors (Lipinski definition) is 0. The average Bonchev–Trinajstić information content (AvgIpc) is 2.89. The molecule has 2 heteroatoms. The van der Waals surface area contributed by atoms with Gasteiger partial charge < -0.3 is 4.42 Å². The number of benzene rings is 2. The molecule has 1 aliphatic rings. The normalized spacial score (nSPS) is 15.4. The lowest BCUT2D eigenvalue weighted by atomic mass is 10.00. The highest BCUT2D eigenvalue weighted by molar-refractivity contribution is 5.77. The van der Waals surface area contributed by atoms with E-state index in [0.29, 0.717) is 0 Å². The van der Waals surface area contributed by atoms with Gasteiger partial charge in [0, 0.05) is 18.5 Å². The molecule has 0 amide bonds. The number of para-hydroxylation sites is 1. The Bertz CT molecular complexity index is 711. The zero-order chi connectivity index (χ0) is 13.4. The first-order valence-electron chi connectivity index (χ1n) is 7.15. The zero-order valence-corrected chi connectivity index (χ0v) is 11.4. The summed E-state index contributed by atoms with van der Waals surface area (Å²) < 4.78 is 5.92. The summed E-state index contributed by atoms with van der Waals surface area (Å²) in [5.74, 6) is 1.06. The van der Waals surface area contributed by atoms with Crippen molar-refractivity contribution in [3.8, 4) is 0 Å². The topological polar surface area (TPSA) is 16.4 Å². The fourth-order valence-corrected chi connectivity index (χ4v) is 3.02. The highest BCUT2D eigenvalue weighted by Crippen LogP contribution is 2.23. The molecule has 2 heterocycles. The molecule has 3 aromatic rings. The van der Waals surface area contributed by atoms with Crippen molar-refractivity contribution in [2.24, 2.45) is 0 Å². The third-order valence-electron chi connectivity index (χ3n) is 4.07. The standard InChI is InChI=1S/C18H17NO/c1-2-7-16-12-19(10-9-14(16)5-1)13-17-11-15-6-3-4-8-18(15)20-17/h1-8,11H,9-10,12-13H2. The minimum Gasteiger partial charge on any atom is -0.460 e. The van der Waals surface area contributed by atoms with Gasteiger partial charge in [-0.25, -0.2) is 0 Å². The summed E-state index contributed by atoms with van der Waals surface area (Å²) in [6.07, 6.45) is 1.14. The lowest BCUT2D eigenvalue weighted by molar-refractivity contribution is 0.228. The van der Waals surface area contributed by atoms with Crippen molar-refractivity contribution in [3.63, 3.8) is 0 Å². The van der Waals surface area contributed by atoms with Crippen LogP contribution in [0.3, 0.4) is 0 Å². The van der Waals surface area contributed by atoms with Crippen molar-refractivity contribution >= 4 is 11.0 Å². The van der Waals surface area contributed by atoms with Crippen molar-refractivity contribution in [1.29, 1.82) is 0 Å². The summed E-state index contributed by atoms with van der Waals surface area (Å²) in [5.41, 5.74) is 3.93. The Kier molecular flexibility index (Phi) is 2.82. The molecule has 4 rings (SSSR count). The van der Waals surface area contributed by atoms with Crippen LogP contribution in [0, 0.1) is 0 Å². The van der Waals surface area contributed by atoms with Crippen LogP contribution < -0.4 is 0 Å². The highest BCUT2D eigenvalue weighted by atomic mass is 16.3. The smallest absolute Gasteiger partial charge is 0.134 e. The Morgan fingerprint density at radius 3 is 2.65 bits per heavy atom. The Morgan fingerprint density at radius 1 is 0.950 bits per heavy atom. The van der Waals surface area contributed by atoms with Crippen LogP contribution >= 0.6 is 0 Å². The SMILES string of the molecule is c1ccc2c(c1)CCN(Cc1cc3ccccc3o1)C2. The average molecular weight is 263 g/mol. The Balaban J connectivity index is 1.55. The van der Waals surface area contributed by atoms with Gasteiger partial charge in [-0.3, -0.25) is 4.90 Å². The van der Waals surface area contributed by atoms with Gasteiger partial charge >= 0.3 is 0 Å². The molecule has 0 fully saturated rings. The number of rotatable bonds is 2. The van der Waals surface area contributed by atoms with Crippen LogP contribution in [-0.4, -0.2) is 11.4 Å². The Morgan fingerprint density at radius 2 is 1.75 bits per heavy atom. The molecule has 0 saturated carbocycles. The molecule has 0 aliphatic carbocycles. The van der Waals surface area contributed by atoms with Gasteiger partial charge in [0.2, 0.25) is 0 Å². The van der Waals surface area contributed by atoms with Gasteiger partial charge in [0.15, 0.2) is 0 Å².